The number of amides is 1. The Hall–Kier alpha value is -2.19. The molecule has 0 saturated heterocycles. The fraction of sp³-hybridized carbons (Fsp3) is 0.136. The Balaban J connectivity index is 1.67. The number of hydrogen-bond donors (Lipinski definition) is 2. The Morgan fingerprint density at radius 3 is 2.23 bits per heavy atom. The van der Waals surface area contributed by atoms with Gasteiger partial charge >= 0.3 is 0 Å². The van der Waals surface area contributed by atoms with E-state index in [-0.39, 0.29) is 16.1 Å². The van der Waals surface area contributed by atoms with Gasteiger partial charge in [-0.3, -0.25) is 9.52 Å². The lowest BCUT2D eigenvalue weighted by atomic mass is 10.3. The van der Waals surface area contributed by atoms with Gasteiger partial charge in [0, 0.05) is 15.6 Å². The lowest BCUT2D eigenvalue weighted by Gasteiger charge is -2.15. The molecule has 2 N–H and O–H groups in total. The molecule has 0 fully saturated rings. The normalized spacial score (nSPS) is 12.2. The van der Waals surface area contributed by atoms with E-state index in [1.54, 1.807) is 48.5 Å². The number of sulfonamides is 1. The van der Waals surface area contributed by atoms with E-state index in [9.17, 15) is 13.2 Å². The molecule has 3 aromatic rings. The smallest absolute Gasteiger partial charge is 0.261 e. The van der Waals surface area contributed by atoms with Crippen LogP contribution < -0.4 is 10.0 Å². The van der Waals surface area contributed by atoms with Crippen LogP contribution in [0.4, 0.5) is 11.4 Å². The number of carbonyl (C=O) groups excluding carboxylic acids is 1. The quantitative estimate of drug-likeness (QED) is 0.360. The van der Waals surface area contributed by atoms with E-state index >= 15 is 0 Å². The second kappa shape index (κ2) is 10.4. The predicted octanol–water partition coefficient (Wildman–Crippen LogP) is 6.30. The number of hydrogen-bond acceptors (Lipinski definition) is 4. The SMILES string of the molecule is CC[C@@H](Sc1ccc(Cl)cc1)C(=O)Nc1ccc(S(=O)(=O)Nc2ccccc2Cl)cc1. The molecule has 0 aliphatic rings. The zero-order valence-electron chi connectivity index (χ0n) is 16.5. The van der Waals surface area contributed by atoms with Gasteiger partial charge in [0.1, 0.15) is 0 Å². The molecule has 5 nitrogen and oxygen atoms in total. The molecule has 3 rings (SSSR count). The number of benzene rings is 3. The summed E-state index contributed by atoms with van der Waals surface area (Å²) in [6.07, 6.45) is 0.632. The molecule has 31 heavy (non-hydrogen) atoms. The van der Waals surface area contributed by atoms with Gasteiger partial charge < -0.3 is 5.32 Å². The van der Waals surface area contributed by atoms with Gasteiger partial charge in [0.15, 0.2) is 0 Å². The molecule has 3 aromatic carbocycles. The van der Waals surface area contributed by atoms with Crippen LogP contribution in [0.5, 0.6) is 0 Å². The van der Waals surface area contributed by atoms with Gasteiger partial charge in [0.25, 0.3) is 10.0 Å². The lowest BCUT2D eigenvalue weighted by molar-refractivity contribution is -0.115. The minimum atomic E-state index is -3.81. The Morgan fingerprint density at radius 2 is 1.61 bits per heavy atom. The molecule has 1 atom stereocenters. The average Bonchev–Trinajstić information content (AvgIpc) is 2.75. The number of anilines is 2. The molecule has 0 aromatic heterocycles. The topological polar surface area (TPSA) is 75.3 Å². The second-order valence-corrected chi connectivity index (χ2v) is 10.4. The molecular formula is C22H20Cl2N2O3S2. The predicted molar refractivity (Wildman–Crippen MR) is 129 cm³/mol. The summed E-state index contributed by atoms with van der Waals surface area (Å²) in [7, 11) is -3.81. The van der Waals surface area contributed by atoms with E-state index in [1.807, 2.05) is 19.1 Å². The number of para-hydroxylation sites is 1. The summed E-state index contributed by atoms with van der Waals surface area (Å²) < 4.78 is 27.7. The third-order valence-electron chi connectivity index (χ3n) is 4.31. The minimum absolute atomic E-state index is 0.0630. The van der Waals surface area contributed by atoms with Gasteiger partial charge in [0.05, 0.1) is 20.9 Å². The molecule has 0 spiro atoms. The molecule has 0 aliphatic heterocycles. The van der Waals surface area contributed by atoms with Crippen LogP contribution in [0.1, 0.15) is 13.3 Å². The Bertz CT molecular complexity index is 1150. The van der Waals surface area contributed by atoms with Crippen molar-refractivity contribution < 1.29 is 13.2 Å². The number of halogens is 2. The number of nitrogens with one attached hydrogen (secondary N) is 2. The first-order valence-corrected chi connectivity index (χ1v) is 12.5. The average molecular weight is 495 g/mol. The van der Waals surface area contributed by atoms with E-state index < -0.39 is 10.0 Å². The summed E-state index contributed by atoms with van der Waals surface area (Å²) in [6, 6.07) is 19.9. The fourth-order valence-corrected chi connectivity index (χ4v) is 5.09. The monoisotopic (exact) mass is 494 g/mol. The van der Waals surface area contributed by atoms with Gasteiger partial charge in [-0.15, -0.1) is 11.8 Å². The number of thioether (sulfide) groups is 1. The summed E-state index contributed by atoms with van der Waals surface area (Å²) in [5.41, 5.74) is 0.809. The maximum atomic E-state index is 12.7. The molecule has 0 unspecified atom stereocenters. The van der Waals surface area contributed by atoms with Crippen LogP contribution in [0.3, 0.4) is 0 Å². The van der Waals surface area contributed by atoms with Crippen molar-refractivity contribution >= 4 is 62.3 Å². The molecule has 0 bridgehead atoms. The molecule has 1 amide bonds. The van der Waals surface area contributed by atoms with Gasteiger partial charge in [0.2, 0.25) is 5.91 Å². The zero-order valence-corrected chi connectivity index (χ0v) is 19.7. The first-order valence-electron chi connectivity index (χ1n) is 9.39. The highest BCUT2D eigenvalue weighted by molar-refractivity contribution is 8.00. The Kier molecular flexibility index (Phi) is 7.89. The minimum Gasteiger partial charge on any atom is -0.325 e. The third kappa shape index (κ3) is 6.40. The van der Waals surface area contributed by atoms with Crippen molar-refractivity contribution in [2.24, 2.45) is 0 Å². The van der Waals surface area contributed by atoms with Crippen molar-refractivity contribution in [3.05, 3.63) is 82.8 Å². The van der Waals surface area contributed by atoms with Crippen LogP contribution in [-0.2, 0) is 14.8 Å². The Morgan fingerprint density at radius 1 is 0.968 bits per heavy atom. The lowest BCUT2D eigenvalue weighted by Crippen LogP contribution is -2.24. The largest absolute Gasteiger partial charge is 0.325 e. The van der Waals surface area contributed by atoms with Crippen LogP contribution in [0.25, 0.3) is 0 Å². The maximum absolute atomic E-state index is 12.7. The van der Waals surface area contributed by atoms with Crippen molar-refractivity contribution in [3.8, 4) is 0 Å². The van der Waals surface area contributed by atoms with Crippen molar-refractivity contribution in [1.29, 1.82) is 0 Å². The molecular weight excluding hydrogens is 475 g/mol. The third-order valence-corrected chi connectivity index (χ3v) is 7.64. The van der Waals surface area contributed by atoms with Gasteiger partial charge in [-0.25, -0.2) is 8.42 Å². The highest BCUT2D eigenvalue weighted by Gasteiger charge is 2.19. The van der Waals surface area contributed by atoms with Gasteiger partial charge in [-0.05, 0) is 67.1 Å². The van der Waals surface area contributed by atoms with Crippen LogP contribution in [0, 0.1) is 0 Å². The van der Waals surface area contributed by atoms with E-state index in [1.165, 1.54) is 23.9 Å². The van der Waals surface area contributed by atoms with Crippen molar-refractivity contribution in [1.82, 2.24) is 0 Å². The number of carbonyl (C=O) groups is 1. The summed E-state index contributed by atoms with van der Waals surface area (Å²) in [5.74, 6) is -0.160. The standard InChI is InChI=1S/C22H20Cl2N2O3S2/c1-2-21(30-17-11-7-15(23)8-12-17)22(27)25-16-9-13-18(14-10-16)31(28,29)26-20-6-4-3-5-19(20)24/h3-14,21,26H,2H2,1H3,(H,25,27)/t21-/m1/s1. The summed E-state index contributed by atoms with van der Waals surface area (Å²) in [6.45, 7) is 1.93. The molecule has 0 radical (unpaired) electrons. The van der Waals surface area contributed by atoms with Crippen molar-refractivity contribution in [3.63, 3.8) is 0 Å². The van der Waals surface area contributed by atoms with Crippen LogP contribution in [0.2, 0.25) is 10.0 Å². The zero-order chi connectivity index (χ0) is 22.4. The first-order chi connectivity index (χ1) is 14.8. The maximum Gasteiger partial charge on any atom is 0.261 e. The van der Waals surface area contributed by atoms with Gasteiger partial charge in [-0.2, -0.15) is 0 Å². The van der Waals surface area contributed by atoms with Crippen molar-refractivity contribution in [2.75, 3.05) is 10.0 Å². The fourth-order valence-electron chi connectivity index (χ4n) is 2.69. The van der Waals surface area contributed by atoms with E-state index in [2.05, 4.69) is 10.0 Å². The van der Waals surface area contributed by atoms with Crippen LogP contribution in [-0.4, -0.2) is 19.6 Å². The second-order valence-electron chi connectivity index (χ2n) is 6.57. The van der Waals surface area contributed by atoms with Crippen LogP contribution in [0.15, 0.2) is 82.6 Å². The highest BCUT2D eigenvalue weighted by atomic mass is 35.5. The summed E-state index contributed by atoms with van der Waals surface area (Å²) >= 11 is 13.4. The van der Waals surface area contributed by atoms with E-state index in [0.29, 0.717) is 27.8 Å². The summed E-state index contributed by atoms with van der Waals surface area (Å²) in [5, 5.41) is 3.48. The molecule has 0 heterocycles. The van der Waals surface area contributed by atoms with E-state index in [0.717, 1.165) is 4.90 Å². The highest BCUT2D eigenvalue weighted by Crippen LogP contribution is 2.28. The Labute approximate surface area is 196 Å². The number of rotatable bonds is 8. The van der Waals surface area contributed by atoms with Gasteiger partial charge in [-0.1, -0.05) is 42.3 Å². The molecule has 9 heteroatoms. The van der Waals surface area contributed by atoms with Crippen molar-refractivity contribution in [2.45, 2.75) is 28.4 Å². The summed E-state index contributed by atoms with van der Waals surface area (Å²) in [4.78, 5) is 13.7. The molecule has 0 saturated carbocycles. The van der Waals surface area contributed by atoms with E-state index in [4.69, 9.17) is 23.2 Å². The first kappa shape index (κ1) is 23.5. The van der Waals surface area contributed by atoms with Crippen LogP contribution >= 0.6 is 35.0 Å². The molecule has 162 valence electrons. The molecule has 0 aliphatic carbocycles.